The Labute approximate surface area is 125 Å². The summed E-state index contributed by atoms with van der Waals surface area (Å²) in [6.07, 6.45) is 3.39. The van der Waals surface area contributed by atoms with Crippen LogP contribution in [0.15, 0.2) is 18.2 Å². The molecule has 0 aliphatic carbocycles. The SMILES string of the molecule is CNCC[C@]1(CCCCOC)NC(=O)c2ccc(F)cc21. The average Bonchev–Trinajstić information content (AvgIpc) is 2.74. The number of rotatable bonds is 8. The highest BCUT2D eigenvalue weighted by atomic mass is 19.1. The van der Waals surface area contributed by atoms with Gasteiger partial charge in [-0.15, -0.1) is 0 Å². The summed E-state index contributed by atoms with van der Waals surface area (Å²) >= 11 is 0. The molecule has 2 N–H and O–H groups in total. The summed E-state index contributed by atoms with van der Waals surface area (Å²) in [6.45, 7) is 1.46. The predicted molar refractivity (Wildman–Crippen MR) is 79.8 cm³/mol. The fraction of sp³-hybridized carbons (Fsp3) is 0.562. The molecule has 0 spiro atoms. The summed E-state index contributed by atoms with van der Waals surface area (Å²) in [4.78, 5) is 12.2. The standard InChI is InChI=1S/C16H23FN2O2/c1-18-9-8-16(7-3-4-10-21-2)14-11-12(17)5-6-13(14)15(20)19-16/h5-6,11,18H,3-4,7-10H2,1-2H3,(H,19,20)/t16-/m0/s1. The summed E-state index contributed by atoms with van der Waals surface area (Å²) in [5.74, 6) is -0.399. The van der Waals surface area contributed by atoms with Crippen molar-refractivity contribution in [3.8, 4) is 0 Å². The van der Waals surface area contributed by atoms with Crippen LogP contribution in [0.5, 0.6) is 0 Å². The first-order valence-electron chi connectivity index (χ1n) is 7.39. The van der Waals surface area contributed by atoms with Crippen molar-refractivity contribution < 1.29 is 13.9 Å². The Morgan fingerprint density at radius 3 is 2.86 bits per heavy atom. The second kappa shape index (κ2) is 7.00. The van der Waals surface area contributed by atoms with Crippen molar-refractivity contribution in [2.24, 2.45) is 0 Å². The molecule has 2 rings (SSSR count). The van der Waals surface area contributed by atoms with Crippen LogP contribution < -0.4 is 10.6 Å². The van der Waals surface area contributed by atoms with E-state index in [0.717, 1.165) is 37.8 Å². The third-order valence-corrected chi connectivity index (χ3v) is 4.10. The van der Waals surface area contributed by atoms with Crippen molar-refractivity contribution in [1.29, 1.82) is 0 Å². The number of amides is 1. The number of carbonyl (C=O) groups is 1. The molecule has 21 heavy (non-hydrogen) atoms. The summed E-state index contributed by atoms with van der Waals surface area (Å²) in [5.41, 5.74) is 0.921. The number of nitrogens with one attached hydrogen (secondary N) is 2. The van der Waals surface area contributed by atoms with Crippen LogP contribution in [0.2, 0.25) is 0 Å². The van der Waals surface area contributed by atoms with Gasteiger partial charge in [-0.25, -0.2) is 4.39 Å². The minimum Gasteiger partial charge on any atom is -0.385 e. The highest BCUT2D eigenvalue weighted by molar-refractivity contribution is 6.00. The van der Waals surface area contributed by atoms with Gasteiger partial charge in [0.1, 0.15) is 5.82 Å². The highest BCUT2D eigenvalue weighted by Gasteiger charge is 2.41. The molecule has 116 valence electrons. The van der Waals surface area contributed by atoms with Crippen molar-refractivity contribution in [2.45, 2.75) is 31.2 Å². The van der Waals surface area contributed by atoms with E-state index < -0.39 is 5.54 Å². The monoisotopic (exact) mass is 294 g/mol. The molecule has 0 fully saturated rings. The second-order valence-corrected chi connectivity index (χ2v) is 5.53. The van der Waals surface area contributed by atoms with Gasteiger partial charge < -0.3 is 15.4 Å². The fourth-order valence-electron chi connectivity index (χ4n) is 2.99. The van der Waals surface area contributed by atoms with Gasteiger partial charge in [0.05, 0.1) is 5.54 Å². The van der Waals surface area contributed by atoms with Gasteiger partial charge in [-0.05, 0) is 63.0 Å². The number of methoxy groups -OCH3 is 1. The summed E-state index contributed by atoms with van der Waals surface area (Å²) in [6, 6.07) is 4.42. The summed E-state index contributed by atoms with van der Waals surface area (Å²) in [7, 11) is 3.56. The molecule has 0 bridgehead atoms. The number of halogens is 1. The topological polar surface area (TPSA) is 50.4 Å². The first-order valence-corrected chi connectivity index (χ1v) is 7.39. The van der Waals surface area contributed by atoms with E-state index in [-0.39, 0.29) is 11.7 Å². The Hall–Kier alpha value is -1.46. The van der Waals surface area contributed by atoms with Crippen molar-refractivity contribution in [1.82, 2.24) is 10.6 Å². The van der Waals surface area contributed by atoms with Gasteiger partial charge in [-0.1, -0.05) is 0 Å². The first kappa shape index (κ1) is 15.9. The van der Waals surface area contributed by atoms with Crippen molar-refractivity contribution in [3.05, 3.63) is 35.1 Å². The summed E-state index contributed by atoms with van der Waals surface area (Å²) in [5, 5.41) is 6.20. The Morgan fingerprint density at radius 2 is 2.14 bits per heavy atom. The maximum Gasteiger partial charge on any atom is 0.252 e. The number of unbranched alkanes of at least 4 members (excludes halogenated alkanes) is 1. The molecule has 0 aromatic heterocycles. The molecule has 1 atom stereocenters. The molecule has 1 aromatic rings. The molecular formula is C16H23FN2O2. The van der Waals surface area contributed by atoms with Crippen LogP contribution >= 0.6 is 0 Å². The zero-order chi connectivity index (χ0) is 15.3. The highest BCUT2D eigenvalue weighted by Crippen LogP contribution is 2.38. The van der Waals surface area contributed by atoms with Crippen LogP contribution in [-0.4, -0.2) is 33.2 Å². The smallest absolute Gasteiger partial charge is 0.252 e. The maximum absolute atomic E-state index is 13.6. The van der Waals surface area contributed by atoms with Crippen LogP contribution in [0, 0.1) is 5.82 Å². The molecule has 1 heterocycles. The van der Waals surface area contributed by atoms with Crippen molar-refractivity contribution >= 4 is 5.91 Å². The minimum absolute atomic E-state index is 0.104. The molecule has 0 saturated carbocycles. The fourth-order valence-corrected chi connectivity index (χ4v) is 2.99. The van der Waals surface area contributed by atoms with E-state index >= 15 is 0 Å². The second-order valence-electron chi connectivity index (χ2n) is 5.53. The van der Waals surface area contributed by atoms with Crippen LogP contribution in [0.1, 0.15) is 41.6 Å². The Balaban J connectivity index is 2.24. The minimum atomic E-state index is -0.467. The number of hydrogen-bond acceptors (Lipinski definition) is 3. The lowest BCUT2D eigenvalue weighted by Gasteiger charge is -2.31. The van der Waals surface area contributed by atoms with Gasteiger partial charge >= 0.3 is 0 Å². The molecule has 5 heteroatoms. The van der Waals surface area contributed by atoms with Crippen molar-refractivity contribution in [2.75, 3.05) is 27.3 Å². The largest absolute Gasteiger partial charge is 0.385 e. The Morgan fingerprint density at radius 1 is 1.33 bits per heavy atom. The molecular weight excluding hydrogens is 271 g/mol. The van der Waals surface area contributed by atoms with Crippen LogP contribution in [0.25, 0.3) is 0 Å². The number of ether oxygens (including phenoxy) is 1. The van der Waals surface area contributed by atoms with Gasteiger partial charge in [-0.3, -0.25) is 4.79 Å². The van der Waals surface area contributed by atoms with E-state index in [1.54, 1.807) is 13.2 Å². The normalized spacial score (nSPS) is 20.4. The molecule has 1 aliphatic rings. The number of carbonyl (C=O) groups excluding carboxylic acids is 1. The molecule has 1 aliphatic heterocycles. The maximum atomic E-state index is 13.6. The van der Waals surface area contributed by atoms with E-state index in [9.17, 15) is 9.18 Å². The van der Waals surface area contributed by atoms with Gasteiger partial charge in [0.2, 0.25) is 0 Å². The Kier molecular flexibility index (Phi) is 5.31. The van der Waals surface area contributed by atoms with Crippen LogP contribution in [-0.2, 0) is 10.3 Å². The van der Waals surface area contributed by atoms with E-state index in [0.29, 0.717) is 12.2 Å². The third-order valence-electron chi connectivity index (χ3n) is 4.10. The Bertz CT molecular complexity index is 507. The van der Waals surface area contributed by atoms with Crippen LogP contribution in [0.3, 0.4) is 0 Å². The van der Waals surface area contributed by atoms with Gasteiger partial charge in [0.15, 0.2) is 0 Å². The quantitative estimate of drug-likeness (QED) is 0.723. The molecule has 1 aromatic carbocycles. The summed E-state index contributed by atoms with van der Waals surface area (Å²) < 4.78 is 18.7. The lowest BCUT2D eigenvalue weighted by atomic mass is 9.82. The lowest BCUT2D eigenvalue weighted by molar-refractivity contribution is 0.0918. The molecule has 0 unspecified atom stereocenters. The average molecular weight is 294 g/mol. The van der Waals surface area contributed by atoms with Gasteiger partial charge in [0, 0.05) is 19.3 Å². The molecule has 0 saturated heterocycles. The molecule has 1 amide bonds. The van der Waals surface area contributed by atoms with Crippen LogP contribution in [0.4, 0.5) is 4.39 Å². The van der Waals surface area contributed by atoms with E-state index in [2.05, 4.69) is 10.6 Å². The lowest BCUT2D eigenvalue weighted by Crippen LogP contribution is -2.41. The van der Waals surface area contributed by atoms with Gasteiger partial charge in [0.25, 0.3) is 5.91 Å². The van der Waals surface area contributed by atoms with Crippen molar-refractivity contribution in [3.63, 3.8) is 0 Å². The predicted octanol–water partition coefficient (Wildman–Crippen LogP) is 2.19. The van der Waals surface area contributed by atoms with E-state index in [1.165, 1.54) is 12.1 Å². The third kappa shape index (κ3) is 3.41. The first-order chi connectivity index (χ1) is 10.1. The van der Waals surface area contributed by atoms with E-state index in [4.69, 9.17) is 4.74 Å². The zero-order valence-corrected chi connectivity index (χ0v) is 12.7. The molecule has 4 nitrogen and oxygen atoms in total. The molecule has 0 radical (unpaired) electrons. The van der Waals surface area contributed by atoms with Gasteiger partial charge in [-0.2, -0.15) is 0 Å². The number of benzene rings is 1. The zero-order valence-electron chi connectivity index (χ0n) is 12.7. The number of hydrogen-bond donors (Lipinski definition) is 2. The van der Waals surface area contributed by atoms with E-state index in [1.807, 2.05) is 7.05 Å². The number of fused-ring (bicyclic) bond motifs is 1.